The van der Waals surface area contributed by atoms with E-state index in [0.29, 0.717) is 5.82 Å². The van der Waals surface area contributed by atoms with E-state index in [9.17, 15) is 4.79 Å². The molecular weight excluding hydrogens is 341 g/mol. The molecule has 0 aromatic carbocycles. The van der Waals surface area contributed by atoms with Gasteiger partial charge in [0.15, 0.2) is 0 Å². The fraction of sp³-hybridized carbons (Fsp3) is 0. The van der Waals surface area contributed by atoms with E-state index in [-0.39, 0.29) is 15.9 Å². The summed E-state index contributed by atoms with van der Waals surface area (Å²) in [5.41, 5.74) is 0.239. The highest BCUT2D eigenvalue weighted by atomic mass is 79.9. The standard InChI is InChI=1S/C11H6BrCl2N3O/c12-6-3-4-15-9(5-6)17-11(18)7-1-2-8(13)16-10(7)14/h1-5H,(H,15,17,18). The first-order valence-electron chi connectivity index (χ1n) is 4.81. The molecule has 92 valence electrons. The summed E-state index contributed by atoms with van der Waals surface area (Å²) in [6.45, 7) is 0. The van der Waals surface area contributed by atoms with Crippen LogP contribution >= 0.6 is 39.1 Å². The molecule has 2 aromatic heterocycles. The predicted octanol–water partition coefficient (Wildman–Crippen LogP) is 3.80. The first-order chi connectivity index (χ1) is 8.56. The van der Waals surface area contributed by atoms with E-state index in [0.717, 1.165) is 4.47 Å². The number of amides is 1. The van der Waals surface area contributed by atoms with E-state index in [2.05, 4.69) is 31.2 Å². The van der Waals surface area contributed by atoms with Gasteiger partial charge in [-0.1, -0.05) is 39.1 Å². The lowest BCUT2D eigenvalue weighted by atomic mass is 10.2. The SMILES string of the molecule is O=C(Nc1cc(Br)ccn1)c1ccc(Cl)nc1Cl. The summed E-state index contributed by atoms with van der Waals surface area (Å²) in [5.74, 6) is 0.0233. The van der Waals surface area contributed by atoms with Gasteiger partial charge in [-0.25, -0.2) is 9.97 Å². The predicted molar refractivity (Wildman–Crippen MR) is 74.1 cm³/mol. The Morgan fingerprint density at radius 3 is 2.72 bits per heavy atom. The zero-order valence-corrected chi connectivity index (χ0v) is 11.9. The van der Waals surface area contributed by atoms with E-state index in [1.165, 1.54) is 12.1 Å². The molecule has 0 unspecified atom stereocenters. The average Bonchev–Trinajstić information content (AvgIpc) is 2.28. The van der Waals surface area contributed by atoms with Gasteiger partial charge in [-0.15, -0.1) is 0 Å². The van der Waals surface area contributed by atoms with Crippen molar-refractivity contribution in [2.24, 2.45) is 0 Å². The molecule has 0 aliphatic carbocycles. The third-order valence-corrected chi connectivity index (χ3v) is 3.01. The van der Waals surface area contributed by atoms with Gasteiger partial charge < -0.3 is 5.32 Å². The molecule has 0 radical (unpaired) electrons. The monoisotopic (exact) mass is 345 g/mol. The maximum Gasteiger partial charge on any atom is 0.259 e. The molecule has 1 amide bonds. The van der Waals surface area contributed by atoms with Crippen LogP contribution in [0.2, 0.25) is 10.3 Å². The van der Waals surface area contributed by atoms with E-state index in [1.54, 1.807) is 18.3 Å². The minimum absolute atomic E-state index is 0.0509. The fourth-order valence-corrected chi connectivity index (χ4v) is 2.00. The van der Waals surface area contributed by atoms with Crippen molar-refractivity contribution in [1.82, 2.24) is 9.97 Å². The van der Waals surface area contributed by atoms with Crippen LogP contribution in [-0.4, -0.2) is 15.9 Å². The topological polar surface area (TPSA) is 54.9 Å². The first-order valence-corrected chi connectivity index (χ1v) is 6.36. The Balaban J connectivity index is 2.22. The molecule has 0 aliphatic heterocycles. The fourth-order valence-electron chi connectivity index (χ4n) is 1.24. The summed E-state index contributed by atoms with van der Waals surface area (Å²) in [4.78, 5) is 19.7. The number of anilines is 1. The van der Waals surface area contributed by atoms with Gasteiger partial charge in [-0.05, 0) is 24.3 Å². The number of hydrogen-bond donors (Lipinski definition) is 1. The second-order valence-electron chi connectivity index (χ2n) is 3.29. The van der Waals surface area contributed by atoms with Gasteiger partial charge >= 0.3 is 0 Å². The molecule has 0 fully saturated rings. The molecule has 7 heteroatoms. The van der Waals surface area contributed by atoms with Crippen LogP contribution < -0.4 is 5.32 Å². The lowest BCUT2D eigenvalue weighted by molar-refractivity contribution is 0.102. The highest BCUT2D eigenvalue weighted by molar-refractivity contribution is 9.10. The molecule has 2 heterocycles. The summed E-state index contributed by atoms with van der Waals surface area (Å²) in [5, 5.41) is 2.90. The van der Waals surface area contributed by atoms with Crippen LogP contribution in [0.1, 0.15) is 10.4 Å². The second kappa shape index (κ2) is 5.65. The lowest BCUT2D eigenvalue weighted by Gasteiger charge is -2.05. The number of aromatic nitrogens is 2. The van der Waals surface area contributed by atoms with Crippen molar-refractivity contribution in [2.45, 2.75) is 0 Å². The summed E-state index contributed by atoms with van der Waals surface area (Å²) < 4.78 is 0.813. The average molecular weight is 347 g/mol. The molecule has 4 nitrogen and oxygen atoms in total. The summed E-state index contributed by atoms with van der Waals surface area (Å²) in [7, 11) is 0. The number of hydrogen-bond acceptors (Lipinski definition) is 3. The van der Waals surface area contributed by atoms with Crippen molar-refractivity contribution in [3.05, 3.63) is 50.8 Å². The van der Waals surface area contributed by atoms with Crippen LogP contribution in [0.25, 0.3) is 0 Å². The Bertz CT molecular complexity index is 607. The van der Waals surface area contributed by atoms with Gasteiger partial charge in [0.25, 0.3) is 5.91 Å². The third-order valence-electron chi connectivity index (χ3n) is 2.02. The molecule has 18 heavy (non-hydrogen) atoms. The van der Waals surface area contributed by atoms with Crippen molar-refractivity contribution in [2.75, 3.05) is 5.32 Å². The highest BCUT2D eigenvalue weighted by Gasteiger charge is 2.12. The van der Waals surface area contributed by atoms with Gasteiger partial charge in [0.05, 0.1) is 5.56 Å². The van der Waals surface area contributed by atoms with Crippen LogP contribution in [0.15, 0.2) is 34.9 Å². The zero-order chi connectivity index (χ0) is 13.1. The van der Waals surface area contributed by atoms with Crippen LogP contribution in [0, 0.1) is 0 Å². The third kappa shape index (κ3) is 3.19. The van der Waals surface area contributed by atoms with Crippen molar-refractivity contribution in [3.63, 3.8) is 0 Å². The molecule has 2 rings (SSSR count). The first kappa shape index (κ1) is 13.3. The zero-order valence-electron chi connectivity index (χ0n) is 8.82. The normalized spacial score (nSPS) is 10.2. The van der Waals surface area contributed by atoms with Crippen molar-refractivity contribution >= 4 is 50.9 Å². The quantitative estimate of drug-likeness (QED) is 0.841. The summed E-state index contributed by atoms with van der Waals surface area (Å²) in [6.07, 6.45) is 1.57. The minimum atomic E-state index is -0.394. The Kier molecular flexibility index (Phi) is 4.16. The number of pyridine rings is 2. The van der Waals surface area contributed by atoms with Crippen LogP contribution in [0.3, 0.4) is 0 Å². The number of nitrogens with zero attached hydrogens (tertiary/aromatic N) is 2. The van der Waals surface area contributed by atoms with Crippen LogP contribution in [-0.2, 0) is 0 Å². The molecule has 0 saturated heterocycles. The van der Waals surface area contributed by atoms with E-state index >= 15 is 0 Å². The second-order valence-corrected chi connectivity index (χ2v) is 4.95. The largest absolute Gasteiger partial charge is 0.306 e. The maximum atomic E-state index is 11.9. The number of rotatable bonds is 2. The summed E-state index contributed by atoms with van der Waals surface area (Å²) >= 11 is 14.8. The van der Waals surface area contributed by atoms with Gasteiger partial charge in [0.1, 0.15) is 16.1 Å². The van der Waals surface area contributed by atoms with E-state index in [4.69, 9.17) is 23.2 Å². The van der Waals surface area contributed by atoms with E-state index < -0.39 is 5.91 Å². The summed E-state index contributed by atoms with van der Waals surface area (Å²) in [6, 6.07) is 6.43. The number of carbonyl (C=O) groups excluding carboxylic acids is 1. The van der Waals surface area contributed by atoms with Crippen molar-refractivity contribution in [3.8, 4) is 0 Å². The molecule has 0 saturated carbocycles. The van der Waals surface area contributed by atoms with E-state index in [1.807, 2.05) is 0 Å². The number of nitrogens with one attached hydrogen (secondary N) is 1. The molecule has 0 spiro atoms. The Morgan fingerprint density at radius 1 is 1.28 bits per heavy atom. The van der Waals surface area contributed by atoms with Gasteiger partial charge in [-0.2, -0.15) is 0 Å². The lowest BCUT2D eigenvalue weighted by Crippen LogP contribution is -2.13. The Morgan fingerprint density at radius 2 is 2.06 bits per heavy atom. The Labute approximate surface area is 121 Å². The Hall–Kier alpha value is -1.17. The van der Waals surface area contributed by atoms with Crippen molar-refractivity contribution < 1.29 is 4.79 Å². The highest BCUT2D eigenvalue weighted by Crippen LogP contribution is 2.19. The van der Waals surface area contributed by atoms with Gasteiger partial charge in [0, 0.05) is 10.7 Å². The van der Waals surface area contributed by atoms with Gasteiger partial charge in [-0.3, -0.25) is 4.79 Å². The molecule has 0 aliphatic rings. The maximum absolute atomic E-state index is 11.9. The molecule has 0 bridgehead atoms. The van der Waals surface area contributed by atoms with Crippen molar-refractivity contribution in [1.29, 1.82) is 0 Å². The van der Waals surface area contributed by atoms with Gasteiger partial charge in [0.2, 0.25) is 0 Å². The van der Waals surface area contributed by atoms with Crippen LogP contribution in [0.4, 0.5) is 5.82 Å². The van der Waals surface area contributed by atoms with Crippen LogP contribution in [0.5, 0.6) is 0 Å². The molecule has 0 atom stereocenters. The number of halogens is 3. The minimum Gasteiger partial charge on any atom is -0.306 e. The molecular formula is C11H6BrCl2N3O. The molecule has 2 aromatic rings. The number of carbonyl (C=O) groups is 1. The smallest absolute Gasteiger partial charge is 0.259 e. The molecule has 1 N–H and O–H groups in total.